The quantitative estimate of drug-likeness (QED) is 0.408. The van der Waals surface area contributed by atoms with E-state index in [4.69, 9.17) is 9.47 Å². The van der Waals surface area contributed by atoms with Crippen molar-refractivity contribution in [2.75, 3.05) is 6.61 Å². The Bertz CT molecular complexity index is 1020. The molecular weight excluding hydrogens is 421 g/mol. The van der Waals surface area contributed by atoms with Gasteiger partial charge in [-0.2, -0.15) is 5.10 Å². The van der Waals surface area contributed by atoms with E-state index in [9.17, 15) is 14.5 Å². The van der Waals surface area contributed by atoms with Crippen LogP contribution in [0.15, 0.2) is 41.0 Å². The third-order valence-electron chi connectivity index (χ3n) is 4.37. The first-order valence-electron chi connectivity index (χ1n) is 8.43. The van der Waals surface area contributed by atoms with E-state index in [0.717, 1.165) is 42.8 Å². The second-order valence-electron chi connectivity index (χ2n) is 6.25. The molecule has 9 heteroatoms. The predicted molar refractivity (Wildman–Crippen MR) is 99.4 cm³/mol. The number of benzene rings is 2. The van der Waals surface area contributed by atoms with Crippen molar-refractivity contribution >= 4 is 32.5 Å². The molecule has 0 N–H and O–H groups in total. The standard InChI is InChI=1S/C18H15BrFN3O4/c19-13-9-15-11(10-22(21-15)18-3-1-2-6-26-18)7-17(13)27-16-5-4-12(23(24)25)8-14(16)20/h4-5,7-10,18H,1-3,6H2. The van der Waals surface area contributed by atoms with Crippen molar-refractivity contribution in [3.05, 3.63) is 56.9 Å². The van der Waals surface area contributed by atoms with Crippen LogP contribution in [0.25, 0.3) is 10.9 Å². The van der Waals surface area contributed by atoms with E-state index in [-0.39, 0.29) is 17.7 Å². The number of ether oxygens (including phenoxy) is 2. The van der Waals surface area contributed by atoms with Gasteiger partial charge < -0.3 is 9.47 Å². The maximum absolute atomic E-state index is 14.1. The Balaban J connectivity index is 1.64. The summed E-state index contributed by atoms with van der Waals surface area (Å²) in [6.07, 6.45) is 4.85. The summed E-state index contributed by atoms with van der Waals surface area (Å²) in [6.45, 7) is 0.721. The Morgan fingerprint density at radius 1 is 1.30 bits per heavy atom. The average Bonchev–Trinajstić information content (AvgIpc) is 3.07. The molecule has 1 aliphatic heterocycles. The summed E-state index contributed by atoms with van der Waals surface area (Å²) >= 11 is 3.41. The fraction of sp³-hybridized carbons (Fsp3) is 0.278. The van der Waals surface area contributed by atoms with Gasteiger partial charge in [0.25, 0.3) is 5.69 Å². The number of nitro groups is 1. The average molecular weight is 436 g/mol. The minimum absolute atomic E-state index is 0.0820. The summed E-state index contributed by atoms with van der Waals surface area (Å²) in [4.78, 5) is 10.1. The van der Waals surface area contributed by atoms with E-state index in [1.54, 1.807) is 16.8 Å². The lowest BCUT2D eigenvalue weighted by Gasteiger charge is -2.22. The van der Waals surface area contributed by atoms with Gasteiger partial charge in [0, 0.05) is 24.3 Å². The molecule has 1 fully saturated rings. The van der Waals surface area contributed by atoms with Gasteiger partial charge in [0.1, 0.15) is 12.0 Å². The molecule has 1 unspecified atom stereocenters. The van der Waals surface area contributed by atoms with Gasteiger partial charge in [-0.15, -0.1) is 0 Å². The molecular formula is C18H15BrFN3O4. The highest BCUT2D eigenvalue weighted by atomic mass is 79.9. The first-order valence-corrected chi connectivity index (χ1v) is 9.22. The van der Waals surface area contributed by atoms with Gasteiger partial charge in [0.05, 0.1) is 21.0 Å². The van der Waals surface area contributed by atoms with E-state index in [0.29, 0.717) is 10.2 Å². The number of fused-ring (bicyclic) bond motifs is 1. The Morgan fingerprint density at radius 3 is 2.85 bits per heavy atom. The number of non-ortho nitro benzene ring substituents is 1. The van der Waals surface area contributed by atoms with Gasteiger partial charge in [0.15, 0.2) is 11.6 Å². The van der Waals surface area contributed by atoms with E-state index >= 15 is 0 Å². The van der Waals surface area contributed by atoms with E-state index < -0.39 is 10.7 Å². The molecule has 1 aliphatic rings. The predicted octanol–water partition coefficient (Wildman–Crippen LogP) is 5.34. The Hall–Kier alpha value is -2.52. The summed E-state index contributed by atoms with van der Waals surface area (Å²) < 4.78 is 27.9. The van der Waals surface area contributed by atoms with Crippen molar-refractivity contribution in [2.45, 2.75) is 25.5 Å². The van der Waals surface area contributed by atoms with Gasteiger partial charge in [-0.1, -0.05) is 0 Å². The molecule has 1 saturated heterocycles. The third kappa shape index (κ3) is 3.65. The molecule has 140 valence electrons. The lowest BCUT2D eigenvalue weighted by Crippen LogP contribution is -2.18. The Labute approximate surface area is 162 Å². The van der Waals surface area contributed by atoms with Crippen LogP contribution in [0, 0.1) is 15.9 Å². The van der Waals surface area contributed by atoms with Crippen molar-refractivity contribution in [1.82, 2.24) is 9.78 Å². The highest BCUT2D eigenvalue weighted by Crippen LogP contribution is 2.36. The summed E-state index contributed by atoms with van der Waals surface area (Å²) in [6, 6.07) is 6.80. The van der Waals surface area contributed by atoms with Crippen LogP contribution in [-0.2, 0) is 4.74 Å². The zero-order valence-corrected chi connectivity index (χ0v) is 15.7. The summed E-state index contributed by atoms with van der Waals surface area (Å²) in [5.74, 6) is -0.509. The lowest BCUT2D eigenvalue weighted by atomic mass is 10.2. The molecule has 0 bridgehead atoms. The summed E-state index contributed by atoms with van der Waals surface area (Å²) in [7, 11) is 0. The molecule has 1 aromatic heterocycles. The maximum Gasteiger partial charge on any atom is 0.272 e. The molecule has 2 heterocycles. The van der Waals surface area contributed by atoms with Crippen LogP contribution in [0.4, 0.5) is 10.1 Å². The van der Waals surface area contributed by atoms with Crippen LogP contribution in [0.3, 0.4) is 0 Å². The number of nitro benzene ring substituents is 1. The topological polar surface area (TPSA) is 79.4 Å². The van der Waals surface area contributed by atoms with Crippen LogP contribution >= 0.6 is 15.9 Å². The highest BCUT2D eigenvalue weighted by Gasteiger charge is 2.19. The van der Waals surface area contributed by atoms with E-state index in [2.05, 4.69) is 21.0 Å². The fourth-order valence-corrected chi connectivity index (χ4v) is 3.42. The molecule has 0 radical (unpaired) electrons. The van der Waals surface area contributed by atoms with Crippen LogP contribution in [0.1, 0.15) is 25.5 Å². The second-order valence-corrected chi connectivity index (χ2v) is 7.10. The molecule has 7 nitrogen and oxygen atoms in total. The number of hydrogen-bond acceptors (Lipinski definition) is 5. The number of nitrogens with zero attached hydrogens (tertiary/aromatic N) is 3. The van der Waals surface area contributed by atoms with Crippen molar-refractivity contribution in [2.24, 2.45) is 0 Å². The maximum atomic E-state index is 14.1. The molecule has 2 aromatic carbocycles. The van der Waals surface area contributed by atoms with Crippen LogP contribution < -0.4 is 4.74 Å². The third-order valence-corrected chi connectivity index (χ3v) is 4.99. The van der Waals surface area contributed by atoms with Crippen molar-refractivity contribution in [1.29, 1.82) is 0 Å². The number of aromatic nitrogens is 2. The van der Waals surface area contributed by atoms with Gasteiger partial charge in [0.2, 0.25) is 0 Å². The monoisotopic (exact) mass is 435 g/mol. The smallest absolute Gasteiger partial charge is 0.272 e. The first-order chi connectivity index (χ1) is 13.0. The van der Waals surface area contributed by atoms with E-state index in [1.807, 2.05) is 6.20 Å². The highest BCUT2D eigenvalue weighted by molar-refractivity contribution is 9.10. The Kier molecular flexibility index (Phi) is 4.79. The molecule has 0 spiro atoms. The largest absolute Gasteiger partial charge is 0.453 e. The zero-order valence-electron chi connectivity index (χ0n) is 14.1. The van der Waals surface area contributed by atoms with Crippen LogP contribution in [0.2, 0.25) is 0 Å². The Morgan fingerprint density at radius 2 is 2.15 bits per heavy atom. The van der Waals surface area contributed by atoms with Gasteiger partial charge in [-0.05, 0) is 53.4 Å². The van der Waals surface area contributed by atoms with Crippen molar-refractivity contribution in [3.63, 3.8) is 0 Å². The number of hydrogen-bond donors (Lipinski definition) is 0. The van der Waals surface area contributed by atoms with Crippen LogP contribution in [0.5, 0.6) is 11.5 Å². The normalized spacial score (nSPS) is 17.2. The minimum atomic E-state index is -0.803. The number of halogens is 2. The van der Waals surface area contributed by atoms with Crippen molar-refractivity contribution in [3.8, 4) is 11.5 Å². The fourth-order valence-electron chi connectivity index (χ4n) is 3.01. The molecule has 27 heavy (non-hydrogen) atoms. The SMILES string of the molecule is O=[N+]([O-])c1ccc(Oc2cc3cn(C4CCCCO4)nc3cc2Br)c(F)c1. The summed E-state index contributed by atoms with van der Waals surface area (Å²) in [5, 5.41) is 16.1. The molecule has 4 rings (SSSR count). The second kappa shape index (κ2) is 7.24. The molecule has 0 amide bonds. The van der Waals surface area contributed by atoms with Crippen LogP contribution in [-0.4, -0.2) is 21.3 Å². The summed E-state index contributed by atoms with van der Waals surface area (Å²) in [5.41, 5.74) is 0.427. The minimum Gasteiger partial charge on any atom is -0.453 e. The molecule has 0 saturated carbocycles. The molecule has 1 atom stereocenters. The molecule has 0 aliphatic carbocycles. The van der Waals surface area contributed by atoms with Gasteiger partial charge in [-0.3, -0.25) is 10.1 Å². The zero-order chi connectivity index (χ0) is 19.0. The van der Waals surface area contributed by atoms with Crippen molar-refractivity contribution < 1.29 is 18.8 Å². The van der Waals surface area contributed by atoms with E-state index in [1.165, 1.54) is 12.1 Å². The lowest BCUT2D eigenvalue weighted by molar-refractivity contribution is -0.385. The first kappa shape index (κ1) is 17.9. The van der Waals surface area contributed by atoms with Gasteiger partial charge >= 0.3 is 0 Å². The molecule has 3 aromatic rings. The van der Waals surface area contributed by atoms with Gasteiger partial charge in [-0.25, -0.2) is 9.07 Å². The number of rotatable bonds is 4.